The number of ether oxygens (including phenoxy) is 1. The van der Waals surface area contributed by atoms with Crippen LogP contribution in [0.4, 0.5) is 8.78 Å². The van der Waals surface area contributed by atoms with E-state index in [-0.39, 0.29) is 19.0 Å². The zero-order valence-corrected chi connectivity index (χ0v) is 9.26. The highest BCUT2D eigenvalue weighted by Gasteiger charge is 2.22. The lowest BCUT2D eigenvalue weighted by Crippen LogP contribution is -2.48. The third-order valence-electron chi connectivity index (χ3n) is 2.41. The van der Waals surface area contributed by atoms with Crippen LogP contribution in [-0.2, 0) is 0 Å². The van der Waals surface area contributed by atoms with Crippen molar-refractivity contribution in [3.8, 4) is 5.75 Å². The van der Waals surface area contributed by atoms with Gasteiger partial charge in [-0.15, -0.1) is 0 Å². The molecule has 16 heavy (non-hydrogen) atoms. The number of hydrogen-bond acceptors (Lipinski definition) is 3. The van der Waals surface area contributed by atoms with Crippen LogP contribution in [0.2, 0.25) is 0 Å². The summed E-state index contributed by atoms with van der Waals surface area (Å²) in [5, 5.41) is 11.9. The highest BCUT2D eigenvalue weighted by Crippen LogP contribution is 2.20. The molecule has 90 valence electrons. The van der Waals surface area contributed by atoms with Crippen LogP contribution in [0.3, 0.4) is 0 Å². The van der Waals surface area contributed by atoms with Crippen molar-refractivity contribution in [2.24, 2.45) is 0 Å². The molecule has 0 aliphatic rings. The predicted molar refractivity (Wildman–Crippen MR) is 56.4 cm³/mol. The molecule has 0 bridgehead atoms. The van der Waals surface area contributed by atoms with Crippen LogP contribution in [0, 0.1) is 11.6 Å². The topological polar surface area (TPSA) is 41.5 Å². The average Bonchev–Trinajstić information content (AvgIpc) is 2.31. The zero-order valence-electron chi connectivity index (χ0n) is 9.26. The molecule has 0 radical (unpaired) electrons. The molecule has 0 heterocycles. The molecule has 1 aromatic rings. The molecule has 5 heteroatoms. The second kappa shape index (κ2) is 5.23. The van der Waals surface area contributed by atoms with Gasteiger partial charge in [0.05, 0.1) is 12.1 Å². The Kier molecular flexibility index (Phi) is 4.20. The first-order valence-electron chi connectivity index (χ1n) is 4.89. The lowest BCUT2D eigenvalue weighted by Gasteiger charge is -2.26. The van der Waals surface area contributed by atoms with E-state index < -0.39 is 17.2 Å². The Bertz CT molecular complexity index is 354. The third kappa shape index (κ3) is 2.90. The van der Waals surface area contributed by atoms with Gasteiger partial charge in [0.15, 0.2) is 11.6 Å². The van der Waals surface area contributed by atoms with E-state index in [4.69, 9.17) is 9.84 Å². The number of benzene rings is 1. The Balaban J connectivity index is 2.71. The van der Waals surface area contributed by atoms with Gasteiger partial charge < -0.3 is 15.2 Å². The summed E-state index contributed by atoms with van der Waals surface area (Å²) in [5.74, 6) is -2.12. The quantitative estimate of drug-likeness (QED) is 0.803. The van der Waals surface area contributed by atoms with Crippen molar-refractivity contribution >= 4 is 0 Å². The Morgan fingerprint density at radius 1 is 1.44 bits per heavy atom. The fourth-order valence-corrected chi connectivity index (χ4v) is 1.03. The fourth-order valence-electron chi connectivity index (χ4n) is 1.03. The maximum Gasteiger partial charge on any atom is 0.200 e. The van der Waals surface area contributed by atoms with Gasteiger partial charge in [-0.1, -0.05) is 6.07 Å². The first-order valence-corrected chi connectivity index (χ1v) is 4.89. The molecule has 3 nitrogen and oxygen atoms in total. The van der Waals surface area contributed by atoms with E-state index in [1.165, 1.54) is 12.1 Å². The molecule has 1 aromatic carbocycles. The number of aliphatic hydroxyl groups excluding tert-OH is 1. The molecular formula is C11H15F2NO2. The maximum atomic E-state index is 13.2. The molecule has 0 aliphatic heterocycles. The van der Waals surface area contributed by atoms with Gasteiger partial charge in [-0.3, -0.25) is 0 Å². The van der Waals surface area contributed by atoms with Crippen molar-refractivity contribution in [3.63, 3.8) is 0 Å². The number of rotatable bonds is 5. The molecule has 1 unspecified atom stereocenters. The van der Waals surface area contributed by atoms with Crippen molar-refractivity contribution in [2.45, 2.75) is 12.5 Å². The van der Waals surface area contributed by atoms with E-state index in [9.17, 15) is 8.78 Å². The van der Waals surface area contributed by atoms with E-state index in [2.05, 4.69) is 5.32 Å². The summed E-state index contributed by atoms with van der Waals surface area (Å²) in [6, 6.07) is 3.72. The number of nitrogens with one attached hydrogen (secondary N) is 1. The Morgan fingerprint density at radius 2 is 2.12 bits per heavy atom. The van der Waals surface area contributed by atoms with Crippen molar-refractivity contribution in [1.82, 2.24) is 5.32 Å². The van der Waals surface area contributed by atoms with Crippen molar-refractivity contribution in [2.75, 3.05) is 20.3 Å². The first kappa shape index (κ1) is 12.9. The summed E-state index contributed by atoms with van der Waals surface area (Å²) >= 11 is 0. The van der Waals surface area contributed by atoms with Crippen LogP contribution in [0.25, 0.3) is 0 Å². The van der Waals surface area contributed by atoms with Crippen LogP contribution >= 0.6 is 0 Å². The molecule has 1 atom stereocenters. The second-order valence-electron chi connectivity index (χ2n) is 3.81. The van der Waals surface area contributed by atoms with Crippen LogP contribution in [-0.4, -0.2) is 30.9 Å². The van der Waals surface area contributed by atoms with Crippen LogP contribution < -0.4 is 10.1 Å². The molecule has 0 fully saturated rings. The summed E-state index contributed by atoms with van der Waals surface area (Å²) in [4.78, 5) is 0. The van der Waals surface area contributed by atoms with E-state index in [0.717, 1.165) is 6.07 Å². The predicted octanol–water partition coefficient (Wildman–Crippen LogP) is 1.31. The highest BCUT2D eigenvalue weighted by atomic mass is 19.2. The molecule has 0 aromatic heterocycles. The van der Waals surface area contributed by atoms with E-state index in [1.54, 1.807) is 14.0 Å². The Morgan fingerprint density at radius 3 is 2.69 bits per heavy atom. The van der Waals surface area contributed by atoms with Gasteiger partial charge in [0.25, 0.3) is 0 Å². The number of halogens is 2. The van der Waals surface area contributed by atoms with E-state index in [1.807, 2.05) is 0 Å². The number of likely N-dealkylation sites (N-methyl/N-ethyl adjacent to an activating group) is 1. The summed E-state index contributed by atoms with van der Waals surface area (Å²) in [5.41, 5.74) is -0.682. The lowest BCUT2D eigenvalue weighted by molar-refractivity contribution is 0.119. The van der Waals surface area contributed by atoms with Crippen molar-refractivity contribution in [1.29, 1.82) is 0 Å². The van der Waals surface area contributed by atoms with Crippen molar-refractivity contribution in [3.05, 3.63) is 29.8 Å². The smallest absolute Gasteiger partial charge is 0.200 e. The Labute approximate surface area is 93.0 Å². The highest BCUT2D eigenvalue weighted by molar-refractivity contribution is 5.25. The van der Waals surface area contributed by atoms with E-state index in [0.29, 0.717) is 0 Å². The van der Waals surface area contributed by atoms with E-state index >= 15 is 0 Å². The van der Waals surface area contributed by atoms with Gasteiger partial charge in [-0.25, -0.2) is 4.39 Å². The summed E-state index contributed by atoms with van der Waals surface area (Å²) in [6.07, 6.45) is 0. The van der Waals surface area contributed by atoms with Gasteiger partial charge >= 0.3 is 0 Å². The molecule has 0 saturated heterocycles. The monoisotopic (exact) mass is 231 g/mol. The minimum Gasteiger partial charge on any atom is -0.488 e. The standard InChI is InChI=1S/C11H15F2NO2/c1-11(6-15,14-2)7-16-9-5-3-4-8(12)10(9)13/h3-5,14-15H,6-7H2,1-2H3. The lowest BCUT2D eigenvalue weighted by atomic mass is 10.1. The molecule has 0 spiro atoms. The molecule has 2 N–H and O–H groups in total. The molecule has 1 rings (SSSR count). The number of aliphatic hydroxyl groups is 1. The normalized spacial score (nSPS) is 14.6. The maximum absolute atomic E-state index is 13.2. The van der Waals surface area contributed by atoms with Gasteiger partial charge in [-0.2, -0.15) is 4.39 Å². The minimum atomic E-state index is -1.01. The van der Waals surface area contributed by atoms with Gasteiger partial charge in [-0.05, 0) is 26.1 Å². The zero-order chi connectivity index (χ0) is 12.2. The Hall–Kier alpha value is -1.20. The van der Waals surface area contributed by atoms with Crippen LogP contribution in [0.1, 0.15) is 6.92 Å². The third-order valence-corrected chi connectivity index (χ3v) is 2.41. The van der Waals surface area contributed by atoms with Crippen LogP contribution in [0.15, 0.2) is 18.2 Å². The SMILES string of the molecule is CNC(C)(CO)COc1cccc(F)c1F. The van der Waals surface area contributed by atoms with Gasteiger partial charge in [0.2, 0.25) is 5.82 Å². The van der Waals surface area contributed by atoms with Crippen molar-refractivity contribution < 1.29 is 18.6 Å². The van der Waals surface area contributed by atoms with Crippen LogP contribution in [0.5, 0.6) is 5.75 Å². The average molecular weight is 231 g/mol. The second-order valence-corrected chi connectivity index (χ2v) is 3.81. The summed E-state index contributed by atoms with van der Waals surface area (Å²) in [7, 11) is 1.65. The number of hydrogen-bond donors (Lipinski definition) is 2. The van der Waals surface area contributed by atoms with Gasteiger partial charge in [0.1, 0.15) is 6.61 Å². The summed E-state index contributed by atoms with van der Waals surface area (Å²) in [6.45, 7) is 1.59. The first-order chi connectivity index (χ1) is 7.52. The largest absolute Gasteiger partial charge is 0.488 e. The summed E-state index contributed by atoms with van der Waals surface area (Å²) < 4.78 is 31.2. The molecule has 0 saturated carbocycles. The molecule has 0 aliphatic carbocycles. The molecule has 0 amide bonds. The minimum absolute atomic E-state index is 0.0420. The fraction of sp³-hybridized carbons (Fsp3) is 0.455. The molecular weight excluding hydrogens is 216 g/mol. The van der Waals surface area contributed by atoms with Gasteiger partial charge in [0, 0.05) is 0 Å².